The number of fused-ring (bicyclic) bond motifs is 1. The number of carbonyl (C=O) groups is 2. The number of amides is 1. The van der Waals surface area contributed by atoms with E-state index in [0.29, 0.717) is 15.0 Å². The number of benzene rings is 3. The number of nitrogens with one attached hydrogen (secondary N) is 1. The van der Waals surface area contributed by atoms with Gasteiger partial charge in [0.15, 0.2) is 10.1 Å². The zero-order valence-corrected chi connectivity index (χ0v) is 17.0. The fourth-order valence-corrected chi connectivity index (χ4v) is 4.60. The first-order chi connectivity index (χ1) is 14.2. The normalized spacial score (nSPS) is 10.8. The van der Waals surface area contributed by atoms with Gasteiger partial charge in [-0.15, -0.1) is 10.2 Å². The van der Waals surface area contributed by atoms with Gasteiger partial charge in [0.05, 0.1) is 12.2 Å². The van der Waals surface area contributed by atoms with Crippen molar-refractivity contribution in [3.05, 3.63) is 83.9 Å². The van der Waals surface area contributed by atoms with Crippen LogP contribution in [0, 0.1) is 0 Å². The summed E-state index contributed by atoms with van der Waals surface area (Å²) in [6, 6.07) is 23.1. The second-order valence-corrected chi connectivity index (χ2v) is 8.51. The summed E-state index contributed by atoms with van der Waals surface area (Å²) in [5, 5.41) is 13.5. The molecule has 0 unspecified atom stereocenters. The van der Waals surface area contributed by atoms with Crippen molar-refractivity contribution >= 4 is 50.7 Å². The molecule has 1 amide bonds. The molecule has 0 spiro atoms. The van der Waals surface area contributed by atoms with E-state index >= 15 is 0 Å². The number of aromatic nitrogens is 2. The van der Waals surface area contributed by atoms with Crippen molar-refractivity contribution in [1.82, 2.24) is 10.2 Å². The molecule has 3 aromatic carbocycles. The number of ketones is 1. The molecule has 1 N–H and O–H groups in total. The van der Waals surface area contributed by atoms with E-state index < -0.39 is 0 Å². The minimum Gasteiger partial charge on any atom is -0.300 e. The molecule has 0 atom stereocenters. The molecule has 5 nitrogen and oxygen atoms in total. The van der Waals surface area contributed by atoms with Gasteiger partial charge in [-0.05, 0) is 16.3 Å². The Kier molecular flexibility index (Phi) is 5.97. The molecule has 0 aliphatic heterocycles. The van der Waals surface area contributed by atoms with Gasteiger partial charge in [-0.1, -0.05) is 95.9 Å². The van der Waals surface area contributed by atoms with Crippen LogP contribution in [0.25, 0.3) is 10.8 Å². The van der Waals surface area contributed by atoms with Crippen molar-refractivity contribution in [2.45, 2.75) is 10.8 Å². The lowest BCUT2D eigenvalue weighted by molar-refractivity contribution is -0.115. The summed E-state index contributed by atoms with van der Waals surface area (Å²) < 4.78 is 0.648. The predicted molar refractivity (Wildman–Crippen MR) is 118 cm³/mol. The van der Waals surface area contributed by atoms with Gasteiger partial charge in [0.1, 0.15) is 0 Å². The third-order valence-electron chi connectivity index (χ3n) is 4.31. The van der Waals surface area contributed by atoms with E-state index in [4.69, 9.17) is 0 Å². The molecule has 0 fully saturated rings. The molecular weight excluding hydrogens is 402 g/mol. The maximum atomic E-state index is 12.5. The quantitative estimate of drug-likeness (QED) is 0.263. The van der Waals surface area contributed by atoms with Crippen molar-refractivity contribution in [2.75, 3.05) is 11.1 Å². The van der Waals surface area contributed by atoms with Gasteiger partial charge in [0.2, 0.25) is 11.0 Å². The second kappa shape index (κ2) is 8.98. The van der Waals surface area contributed by atoms with Crippen LogP contribution in [0.1, 0.15) is 15.9 Å². The maximum Gasteiger partial charge on any atom is 0.230 e. The van der Waals surface area contributed by atoms with E-state index in [-0.39, 0.29) is 23.9 Å². The smallest absolute Gasteiger partial charge is 0.230 e. The standard InChI is InChI=1S/C22H17N3O2S2/c26-19(16-8-2-1-3-9-16)14-28-22-25-24-21(29-22)23-20(27)13-17-11-6-10-15-7-4-5-12-18(15)17/h1-12H,13-14H2,(H,23,24,27). The molecule has 29 heavy (non-hydrogen) atoms. The van der Waals surface area contributed by atoms with Crippen LogP contribution in [0.4, 0.5) is 5.13 Å². The molecule has 1 aromatic heterocycles. The minimum absolute atomic E-state index is 0.0346. The summed E-state index contributed by atoms with van der Waals surface area (Å²) in [7, 11) is 0. The molecule has 0 aliphatic rings. The average molecular weight is 420 g/mol. The van der Waals surface area contributed by atoms with Crippen LogP contribution in [0.5, 0.6) is 0 Å². The molecule has 4 rings (SSSR count). The fourth-order valence-electron chi connectivity index (χ4n) is 2.94. The van der Waals surface area contributed by atoms with E-state index in [1.807, 2.05) is 60.7 Å². The van der Waals surface area contributed by atoms with Gasteiger partial charge in [0.25, 0.3) is 0 Å². The van der Waals surface area contributed by atoms with E-state index in [1.54, 1.807) is 12.1 Å². The van der Waals surface area contributed by atoms with Crippen LogP contribution in [0.2, 0.25) is 0 Å². The summed E-state index contributed by atoms with van der Waals surface area (Å²) in [4.78, 5) is 24.6. The predicted octanol–water partition coefficient (Wildman–Crippen LogP) is 4.85. The Morgan fingerprint density at radius 3 is 2.52 bits per heavy atom. The van der Waals surface area contributed by atoms with E-state index in [2.05, 4.69) is 15.5 Å². The number of Topliss-reactive ketones (excluding diaryl/α,β-unsaturated/α-hetero) is 1. The molecule has 144 valence electrons. The van der Waals surface area contributed by atoms with Gasteiger partial charge >= 0.3 is 0 Å². The van der Waals surface area contributed by atoms with Crippen molar-refractivity contribution in [3.63, 3.8) is 0 Å². The van der Waals surface area contributed by atoms with Gasteiger partial charge in [-0.2, -0.15) is 0 Å². The summed E-state index contributed by atoms with van der Waals surface area (Å²) in [5.74, 6) is 0.171. The highest BCUT2D eigenvalue weighted by Crippen LogP contribution is 2.26. The summed E-state index contributed by atoms with van der Waals surface area (Å²) >= 11 is 2.59. The summed E-state index contributed by atoms with van der Waals surface area (Å²) in [6.07, 6.45) is 0.260. The lowest BCUT2D eigenvalue weighted by Crippen LogP contribution is -2.14. The Morgan fingerprint density at radius 1 is 0.897 bits per heavy atom. The first-order valence-electron chi connectivity index (χ1n) is 9.00. The first-order valence-corrected chi connectivity index (χ1v) is 10.8. The largest absolute Gasteiger partial charge is 0.300 e. The van der Waals surface area contributed by atoms with Crippen molar-refractivity contribution < 1.29 is 9.59 Å². The number of rotatable bonds is 7. The molecule has 0 radical (unpaired) electrons. The number of anilines is 1. The highest BCUT2D eigenvalue weighted by atomic mass is 32.2. The summed E-state index contributed by atoms with van der Waals surface area (Å²) in [5.41, 5.74) is 1.64. The molecule has 0 saturated heterocycles. The highest BCUT2D eigenvalue weighted by molar-refractivity contribution is 8.01. The van der Waals surface area contributed by atoms with Gasteiger partial charge < -0.3 is 5.32 Å². The highest BCUT2D eigenvalue weighted by Gasteiger charge is 2.13. The minimum atomic E-state index is -0.144. The topological polar surface area (TPSA) is 72.0 Å². The molecule has 4 aromatic rings. The Morgan fingerprint density at radius 2 is 1.66 bits per heavy atom. The Hall–Kier alpha value is -3.03. The van der Waals surface area contributed by atoms with Gasteiger partial charge in [-0.3, -0.25) is 9.59 Å². The lowest BCUT2D eigenvalue weighted by Gasteiger charge is -2.06. The fraction of sp³-hybridized carbons (Fsp3) is 0.0909. The molecule has 7 heteroatoms. The van der Waals surface area contributed by atoms with E-state index in [1.165, 1.54) is 23.1 Å². The Balaban J connectivity index is 1.35. The zero-order chi connectivity index (χ0) is 20.1. The maximum absolute atomic E-state index is 12.5. The number of carbonyl (C=O) groups excluding carboxylic acids is 2. The Labute approximate surface area is 176 Å². The van der Waals surface area contributed by atoms with Crippen LogP contribution < -0.4 is 5.32 Å². The summed E-state index contributed by atoms with van der Waals surface area (Å²) in [6.45, 7) is 0. The van der Waals surface area contributed by atoms with Crippen LogP contribution in [0.3, 0.4) is 0 Å². The van der Waals surface area contributed by atoms with Crippen LogP contribution >= 0.6 is 23.1 Å². The Bertz CT molecular complexity index is 1150. The third kappa shape index (κ3) is 4.88. The molecule has 0 bridgehead atoms. The molecule has 0 saturated carbocycles. The van der Waals surface area contributed by atoms with Crippen molar-refractivity contribution in [1.29, 1.82) is 0 Å². The number of nitrogens with zero attached hydrogens (tertiary/aromatic N) is 2. The SMILES string of the molecule is O=C(Cc1cccc2ccccc12)Nc1nnc(SCC(=O)c2ccccc2)s1. The monoisotopic (exact) mass is 419 g/mol. The average Bonchev–Trinajstić information content (AvgIpc) is 3.20. The van der Waals surface area contributed by atoms with Crippen LogP contribution in [-0.2, 0) is 11.2 Å². The molecular formula is C22H17N3O2S2. The number of hydrogen-bond acceptors (Lipinski definition) is 6. The number of thioether (sulfide) groups is 1. The van der Waals surface area contributed by atoms with E-state index in [9.17, 15) is 9.59 Å². The van der Waals surface area contributed by atoms with Crippen molar-refractivity contribution in [3.8, 4) is 0 Å². The zero-order valence-electron chi connectivity index (χ0n) is 15.4. The van der Waals surface area contributed by atoms with Crippen LogP contribution in [-0.4, -0.2) is 27.6 Å². The molecule has 1 heterocycles. The van der Waals surface area contributed by atoms with Crippen LogP contribution in [0.15, 0.2) is 77.1 Å². The van der Waals surface area contributed by atoms with E-state index in [0.717, 1.165) is 16.3 Å². The lowest BCUT2D eigenvalue weighted by atomic mass is 10.0. The molecule has 0 aliphatic carbocycles. The first kappa shape index (κ1) is 19.3. The second-order valence-electron chi connectivity index (χ2n) is 6.31. The van der Waals surface area contributed by atoms with Gasteiger partial charge in [0, 0.05) is 5.56 Å². The van der Waals surface area contributed by atoms with Gasteiger partial charge in [-0.25, -0.2) is 0 Å². The third-order valence-corrected chi connectivity index (χ3v) is 6.28. The van der Waals surface area contributed by atoms with Crippen molar-refractivity contribution in [2.24, 2.45) is 0 Å². The number of hydrogen-bond donors (Lipinski definition) is 1.